The minimum Gasteiger partial charge on any atom is -0.380 e. The molecule has 0 fully saturated rings. The van der Waals surface area contributed by atoms with Crippen LogP contribution in [0.3, 0.4) is 0 Å². The molecule has 1 aromatic rings. The lowest BCUT2D eigenvalue weighted by molar-refractivity contribution is -0.0731. The van der Waals surface area contributed by atoms with E-state index < -0.39 is 0 Å². The van der Waals surface area contributed by atoms with Gasteiger partial charge in [-0.3, -0.25) is 0 Å². The van der Waals surface area contributed by atoms with Crippen LogP contribution in [0.4, 0.5) is 0 Å². The van der Waals surface area contributed by atoms with Gasteiger partial charge in [-0.1, -0.05) is 24.3 Å². The highest BCUT2D eigenvalue weighted by Crippen LogP contribution is 2.06. The fraction of sp³-hybridized carbons (Fsp3) is 0.400. The molecule has 0 aliphatic rings. The summed E-state index contributed by atoms with van der Waals surface area (Å²) >= 11 is 0. The lowest BCUT2D eigenvalue weighted by Gasteiger charge is -2.08. The Bertz CT molecular complexity index is 244. The third kappa shape index (κ3) is 3.55. The molecule has 1 rings (SSSR count). The minimum absolute atomic E-state index is 0.549. The molecule has 0 atom stereocenters. The number of nitrogens with zero attached hydrogens (tertiary/aromatic N) is 1. The molecule has 3 nitrogen and oxygen atoms in total. The van der Waals surface area contributed by atoms with Crippen molar-refractivity contribution < 1.29 is 9.94 Å². The van der Waals surface area contributed by atoms with E-state index in [9.17, 15) is 0 Å². The number of ether oxygens (including phenoxy) is 1. The molecule has 0 amide bonds. The van der Waals surface area contributed by atoms with Crippen molar-refractivity contribution in [2.24, 2.45) is 0 Å². The fourth-order valence-electron chi connectivity index (χ4n) is 1.17. The summed E-state index contributed by atoms with van der Waals surface area (Å²) < 4.78 is 4.99. The first-order valence-electron chi connectivity index (χ1n) is 4.19. The second-order valence-corrected chi connectivity index (χ2v) is 3.07. The zero-order chi connectivity index (χ0) is 9.68. The van der Waals surface area contributed by atoms with Crippen molar-refractivity contribution >= 4 is 0 Å². The average molecular weight is 181 g/mol. The predicted molar refractivity (Wildman–Crippen MR) is 50.4 cm³/mol. The van der Waals surface area contributed by atoms with Gasteiger partial charge in [-0.2, -0.15) is 5.06 Å². The summed E-state index contributed by atoms with van der Waals surface area (Å²) in [6, 6.07) is 7.98. The third-order valence-electron chi connectivity index (χ3n) is 1.75. The van der Waals surface area contributed by atoms with Gasteiger partial charge in [-0.25, -0.2) is 0 Å². The topological polar surface area (TPSA) is 32.7 Å². The predicted octanol–water partition coefficient (Wildman–Crippen LogP) is 1.65. The van der Waals surface area contributed by atoms with Gasteiger partial charge in [0.15, 0.2) is 0 Å². The Morgan fingerprint density at radius 3 is 2.23 bits per heavy atom. The lowest BCUT2D eigenvalue weighted by Crippen LogP contribution is -2.11. The number of rotatable bonds is 4. The number of methoxy groups -OCH3 is 1. The van der Waals surface area contributed by atoms with Crippen LogP contribution in [0.2, 0.25) is 0 Å². The Hall–Kier alpha value is -0.900. The second-order valence-electron chi connectivity index (χ2n) is 3.07. The lowest BCUT2D eigenvalue weighted by atomic mass is 10.1. The van der Waals surface area contributed by atoms with E-state index in [1.807, 2.05) is 24.3 Å². The normalized spacial score (nSPS) is 10.8. The zero-order valence-corrected chi connectivity index (χ0v) is 8.03. The molecule has 0 aromatic heterocycles. The maximum Gasteiger partial charge on any atom is 0.0713 e. The highest BCUT2D eigenvalue weighted by atomic mass is 16.5. The van der Waals surface area contributed by atoms with E-state index in [0.29, 0.717) is 13.2 Å². The van der Waals surface area contributed by atoms with Crippen molar-refractivity contribution in [1.82, 2.24) is 5.06 Å². The van der Waals surface area contributed by atoms with Crippen LogP contribution in [0, 0.1) is 0 Å². The Labute approximate surface area is 78.5 Å². The molecule has 13 heavy (non-hydrogen) atoms. The summed E-state index contributed by atoms with van der Waals surface area (Å²) in [5.41, 5.74) is 2.23. The Morgan fingerprint density at radius 2 is 1.77 bits per heavy atom. The quantitative estimate of drug-likeness (QED) is 0.717. The Kier molecular flexibility index (Phi) is 3.89. The van der Waals surface area contributed by atoms with Crippen LogP contribution in [-0.2, 0) is 17.9 Å². The van der Waals surface area contributed by atoms with E-state index in [4.69, 9.17) is 9.94 Å². The molecule has 0 bridgehead atoms. The van der Waals surface area contributed by atoms with E-state index in [1.54, 1.807) is 14.2 Å². The molecule has 0 aliphatic heterocycles. The largest absolute Gasteiger partial charge is 0.380 e. The zero-order valence-electron chi connectivity index (χ0n) is 8.03. The Morgan fingerprint density at radius 1 is 1.23 bits per heavy atom. The summed E-state index contributed by atoms with van der Waals surface area (Å²) in [6.45, 7) is 1.18. The Balaban J connectivity index is 2.59. The standard InChI is InChI=1S/C10H15NO2/c1-11(12)7-9-3-5-10(6-4-9)8-13-2/h3-6,12H,7-8H2,1-2H3. The van der Waals surface area contributed by atoms with Crippen LogP contribution < -0.4 is 0 Å². The van der Waals surface area contributed by atoms with Crippen molar-refractivity contribution in [3.05, 3.63) is 35.4 Å². The average Bonchev–Trinajstić information content (AvgIpc) is 2.08. The minimum atomic E-state index is 0.549. The summed E-state index contributed by atoms with van der Waals surface area (Å²) in [5, 5.41) is 10.1. The van der Waals surface area contributed by atoms with Gasteiger partial charge in [-0.15, -0.1) is 0 Å². The highest BCUT2D eigenvalue weighted by Gasteiger charge is 1.96. The summed E-state index contributed by atoms with van der Waals surface area (Å²) in [7, 11) is 3.30. The first-order valence-corrected chi connectivity index (χ1v) is 4.19. The van der Waals surface area contributed by atoms with Crippen LogP contribution in [0.15, 0.2) is 24.3 Å². The van der Waals surface area contributed by atoms with Crippen molar-refractivity contribution in [1.29, 1.82) is 0 Å². The van der Waals surface area contributed by atoms with Crippen LogP contribution in [0.1, 0.15) is 11.1 Å². The van der Waals surface area contributed by atoms with Crippen LogP contribution >= 0.6 is 0 Å². The highest BCUT2D eigenvalue weighted by molar-refractivity contribution is 5.21. The smallest absolute Gasteiger partial charge is 0.0713 e. The summed E-state index contributed by atoms with van der Waals surface area (Å²) in [6.07, 6.45) is 0. The molecular weight excluding hydrogens is 166 g/mol. The maximum atomic E-state index is 8.99. The van der Waals surface area contributed by atoms with E-state index in [2.05, 4.69) is 0 Å². The molecule has 0 unspecified atom stereocenters. The van der Waals surface area contributed by atoms with Gasteiger partial charge in [0.1, 0.15) is 0 Å². The molecule has 1 N–H and O–H groups in total. The van der Waals surface area contributed by atoms with Crippen molar-refractivity contribution in [3.8, 4) is 0 Å². The number of hydrogen-bond donors (Lipinski definition) is 1. The van der Waals surface area contributed by atoms with E-state index in [1.165, 1.54) is 0 Å². The molecule has 0 heterocycles. The van der Waals surface area contributed by atoms with E-state index in [-0.39, 0.29) is 0 Å². The molecule has 0 radical (unpaired) electrons. The first kappa shape index (κ1) is 10.2. The molecule has 72 valence electrons. The monoisotopic (exact) mass is 181 g/mol. The first-order chi connectivity index (χ1) is 6.22. The van der Waals surface area contributed by atoms with E-state index in [0.717, 1.165) is 16.2 Å². The molecule has 0 aliphatic carbocycles. The van der Waals surface area contributed by atoms with Gasteiger partial charge in [-0.05, 0) is 11.1 Å². The number of hydroxylamine groups is 2. The molecule has 0 saturated heterocycles. The SMILES string of the molecule is COCc1ccc(CN(C)O)cc1. The molecular formula is C10H15NO2. The fourth-order valence-corrected chi connectivity index (χ4v) is 1.17. The number of benzene rings is 1. The molecule has 1 aromatic carbocycles. The van der Waals surface area contributed by atoms with Crippen LogP contribution in [-0.4, -0.2) is 24.4 Å². The van der Waals surface area contributed by atoms with Gasteiger partial charge >= 0.3 is 0 Å². The maximum absolute atomic E-state index is 8.99. The van der Waals surface area contributed by atoms with Gasteiger partial charge in [0.25, 0.3) is 0 Å². The van der Waals surface area contributed by atoms with Crippen molar-refractivity contribution in [2.45, 2.75) is 13.2 Å². The summed E-state index contributed by atoms with van der Waals surface area (Å²) in [5.74, 6) is 0. The summed E-state index contributed by atoms with van der Waals surface area (Å²) in [4.78, 5) is 0. The van der Waals surface area contributed by atoms with Crippen molar-refractivity contribution in [3.63, 3.8) is 0 Å². The molecule has 0 spiro atoms. The number of hydrogen-bond acceptors (Lipinski definition) is 3. The van der Waals surface area contributed by atoms with Crippen LogP contribution in [0.25, 0.3) is 0 Å². The second kappa shape index (κ2) is 4.97. The van der Waals surface area contributed by atoms with Crippen LogP contribution in [0.5, 0.6) is 0 Å². The van der Waals surface area contributed by atoms with E-state index >= 15 is 0 Å². The van der Waals surface area contributed by atoms with Gasteiger partial charge in [0.2, 0.25) is 0 Å². The molecule has 0 saturated carbocycles. The van der Waals surface area contributed by atoms with Crippen molar-refractivity contribution in [2.75, 3.05) is 14.2 Å². The van der Waals surface area contributed by atoms with Gasteiger partial charge < -0.3 is 9.94 Å². The third-order valence-corrected chi connectivity index (χ3v) is 1.75. The molecule has 3 heteroatoms. The van der Waals surface area contributed by atoms with Gasteiger partial charge in [0, 0.05) is 20.7 Å². The van der Waals surface area contributed by atoms with Gasteiger partial charge in [0.05, 0.1) is 6.61 Å².